The second-order valence-electron chi connectivity index (χ2n) is 2.52. The van der Waals surface area contributed by atoms with Crippen LogP contribution in [0.4, 0.5) is 0 Å². The van der Waals surface area contributed by atoms with Crippen LogP contribution in [0.2, 0.25) is 0 Å². The first-order chi connectivity index (χ1) is 3.45. The summed E-state index contributed by atoms with van der Waals surface area (Å²) in [4.78, 5) is 0. The maximum atomic E-state index is 3.47. The Morgan fingerprint density at radius 1 is 1.43 bits per heavy atom. The van der Waals surface area contributed by atoms with E-state index in [1.54, 1.807) is 0 Å². The molecule has 2 bridgehead atoms. The predicted molar refractivity (Wildman–Crippen MR) is 28.9 cm³/mol. The Labute approximate surface area is 44.1 Å². The molecule has 2 atom stereocenters. The molecular weight excluding hydrogens is 86.1 g/mol. The number of nitrogens with one attached hydrogen (secondary N) is 1. The second-order valence-corrected chi connectivity index (χ2v) is 2.52. The van der Waals surface area contributed by atoms with E-state index in [0.29, 0.717) is 0 Å². The molecule has 39 valence electrons. The van der Waals surface area contributed by atoms with E-state index in [0.717, 1.165) is 12.1 Å². The third kappa shape index (κ3) is 0.480. The van der Waals surface area contributed by atoms with Gasteiger partial charge >= 0.3 is 0 Å². The van der Waals surface area contributed by atoms with E-state index in [1.807, 2.05) is 0 Å². The third-order valence-electron chi connectivity index (χ3n) is 1.98. The van der Waals surface area contributed by atoms with Crippen LogP contribution >= 0.6 is 0 Å². The van der Waals surface area contributed by atoms with Crippen molar-refractivity contribution in [2.45, 2.75) is 31.3 Å². The van der Waals surface area contributed by atoms with Gasteiger partial charge in [-0.15, -0.1) is 0 Å². The van der Waals surface area contributed by atoms with Crippen LogP contribution in [0.3, 0.4) is 0 Å². The van der Waals surface area contributed by atoms with Gasteiger partial charge in [0.05, 0.1) is 0 Å². The van der Waals surface area contributed by atoms with E-state index in [2.05, 4.69) is 11.7 Å². The smallest absolute Gasteiger partial charge is 0.0102 e. The highest BCUT2D eigenvalue weighted by molar-refractivity contribution is 5.02. The van der Waals surface area contributed by atoms with Crippen molar-refractivity contribution in [3.63, 3.8) is 0 Å². The molecule has 1 nitrogen and oxygen atoms in total. The Balaban J connectivity index is 2.12. The molecule has 0 unspecified atom stereocenters. The van der Waals surface area contributed by atoms with Gasteiger partial charge in [0.25, 0.3) is 0 Å². The molecule has 0 spiro atoms. The summed E-state index contributed by atoms with van der Waals surface area (Å²) < 4.78 is 0. The monoisotopic (exact) mass is 96.1 g/mol. The van der Waals surface area contributed by atoms with E-state index < -0.39 is 0 Å². The van der Waals surface area contributed by atoms with Crippen molar-refractivity contribution >= 4 is 0 Å². The van der Waals surface area contributed by atoms with Gasteiger partial charge in [-0.3, -0.25) is 0 Å². The van der Waals surface area contributed by atoms with Crippen molar-refractivity contribution in [2.24, 2.45) is 0 Å². The van der Waals surface area contributed by atoms with Gasteiger partial charge in [0, 0.05) is 12.1 Å². The average Bonchev–Trinajstić information content (AvgIpc) is 2.22. The largest absolute Gasteiger partial charge is 0.311 e. The molecule has 0 aromatic heterocycles. The topological polar surface area (TPSA) is 12.0 Å². The van der Waals surface area contributed by atoms with Crippen molar-refractivity contribution in [3.05, 3.63) is 6.42 Å². The summed E-state index contributed by atoms with van der Waals surface area (Å²) in [7, 11) is 0. The Morgan fingerprint density at radius 3 is 2.57 bits per heavy atom. The summed E-state index contributed by atoms with van der Waals surface area (Å²) in [6.45, 7) is 0. The molecule has 2 heterocycles. The predicted octanol–water partition coefficient (Wildman–Crippen LogP) is 0.715. The summed E-state index contributed by atoms with van der Waals surface area (Å²) >= 11 is 0. The minimum Gasteiger partial charge on any atom is -0.311 e. The van der Waals surface area contributed by atoms with E-state index in [1.165, 1.54) is 19.3 Å². The highest BCUT2D eigenvalue weighted by atomic mass is 15.0. The lowest BCUT2D eigenvalue weighted by molar-refractivity contribution is 0.644. The zero-order valence-electron chi connectivity index (χ0n) is 4.35. The highest BCUT2D eigenvalue weighted by Gasteiger charge is 2.29. The molecule has 1 radical (unpaired) electrons. The minimum atomic E-state index is 0.796. The normalized spacial score (nSPS) is 48.0. The first-order valence-electron chi connectivity index (χ1n) is 3.04. The van der Waals surface area contributed by atoms with Crippen LogP contribution < -0.4 is 5.32 Å². The molecule has 2 saturated heterocycles. The molecule has 0 saturated carbocycles. The maximum absolute atomic E-state index is 3.47. The summed E-state index contributed by atoms with van der Waals surface area (Å²) in [6.07, 6.45) is 6.53. The Bertz CT molecular complexity index is 62.2. The number of hydrogen-bond donors (Lipinski definition) is 1. The van der Waals surface area contributed by atoms with Crippen LogP contribution in [0, 0.1) is 6.42 Å². The van der Waals surface area contributed by atoms with E-state index >= 15 is 0 Å². The molecule has 2 aliphatic rings. The highest BCUT2D eigenvalue weighted by Crippen LogP contribution is 2.26. The van der Waals surface area contributed by atoms with Crippen LogP contribution in [0.15, 0.2) is 0 Å². The second kappa shape index (κ2) is 1.22. The lowest BCUT2D eigenvalue weighted by atomic mass is 10.0. The molecular formula is C6H10N. The summed E-state index contributed by atoms with van der Waals surface area (Å²) in [5.41, 5.74) is 0. The van der Waals surface area contributed by atoms with E-state index in [-0.39, 0.29) is 0 Å². The zero-order valence-corrected chi connectivity index (χ0v) is 4.35. The fraction of sp³-hybridized carbons (Fsp3) is 0.833. The Morgan fingerprint density at radius 2 is 2.43 bits per heavy atom. The lowest BCUT2D eigenvalue weighted by Crippen LogP contribution is -2.17. The van der Waals surface area contributed by atoms with Crippen molar-refractivity contribution in [1.82, 2.24) is 5.32 Å². The van der Waals surface area contributed by atoms with Crippen molar-refractivity contribution in [2.75, 3.05) is 0 Å². The van der Waals surface area contributed by atoms with Gasteiger partial charge < -0.3 is 5.32 Å². The van der Waals surface area contributed by atoms with Crippen LogP contribution in [-0.4, -0.2) is 12.1 Å². The van der Waals surface area contributed by atoms with Gasteiger partial charge in [0.15, 0.2) is 0 Å². The first-order valence-corrected chi connectivity index (χ1v) is 3.04. The molecule has 0 aliphatic carbocycles. The molecule has 7 heavy (non-hydrogen) atoms. The minimum absolute atomic E-state index is 0.796. The van der Waals surface area contributed by atoms with Gasteiger partial charge in [0.1, 0.15) is 0 Å². The summed E-state index contributed by atoms with van der Waals surface area (Å²) in [6, 6.07) is 1.66. The van der Waals surface area contributed by atoms with E-state index in [9.17, 15) is 0 Å². The molecule has 1 heteroatoms. The van der Waals surface area contributed by atoms with Crippen LogP contribution in [0.1, 0.15) is 19.3 Å². The van der Waals surface area contributed by atoms with Gasteiger partial charge in [-0.1, -0.05) is 0 Å². The molecule has 0 aromatic carbocycles. The molecule has 2 aliphatic heterocycles. The number of hydrogen-bond acceptors (Lipinski definition) is 1. The first kappa shape index (κ1) is 3.90. The van der Waals surface area contributed by atoms with Gasteiger partial charge in [-0.05, 0) is 25.7 Å². The van der Waals surface area contributed by atoms with Crippen molar-refractivity contribution in [3.8, 4) is 0 Å². The molecule has 1 N–H and O–H groups in total. The van der Waals surface area contributed by atoms with Crippen LogP contribution in [-0.2, 0) is 0 Å². The number of fused-ring (bicyclic) bond motifs is 2. The summed E-state index contributed by atoms with van der Waals surface area (Å²) in [5.74, 6) is 0. The quantitative estimate of drug-likeness (QED) is 0.468. The fourth-order valence-corrected chi connectivity index (χ4v) is 1.55. The molecule has 0 amide bonds. The molecule has 2 fully saturated rings. The van der Waals surface area contributed by atoms with E-state index in [4.69, 9.17) is 0 Å². The molecule has 0 aromatic rings. The number of rotatable bonds is 0. The third-order valence-corrected chi connectivity index (χ3v) is 1.98. The van der Waals surface area contributed by atoms with Gasteiger partial charge in [0.2, 0.25) is 0 Å². The van der Waals surface area contributed by atoms with Crippen LogP contribution in [0.25, 0.3) is 0 Å². The lowest BCUT2D eigenvalue weighted by Gasteiger charge is -2.02. The zero-order chi connectivity index (χ0) is 4.69. The maximum Gasteiger partial charge on any atom is 0.0102 e. The van der Waals surface area contributed by atoms with Crippen LogP contribution in [0.5, 0.6) is 0 Å². The standard InChI is InChI=1S/C6H10N/c1-2-6-4-3-5(1)7-6/h1,5-7H,2-4H2/t5-,6+/m0/s1. The Hall–Kier alpha value is -0.0400. The Kier molecular flexibility index (Phi) is 0.680. The molecule has 2 rings (SSSR count). The fourth-order valence-electron chi connectivity index (χ4n) is 1.55. The van der Waals surface area contributed by atoms with Gasteiger partial charge in [-0.2, -0.15) is 0 Å². The van der Waals surface area contributed by atoms with Crippen molar-refractivity contribution in [1.29, 1.82) is 0 Å². The van der Waals surface area contributed by atoms with Crippen molar-refractivity contribution < 1.29 is 0 Å². The SMILES string of the molecule is [CH]1C[C@@H]2CC[C@H]1N2. The average molecular weight is 96.2 g/mol. The summed E-state index contributed by atoms with van der Waals surface area (Å²) in [5, 5.41) is 3.47. The van der Waals surface area contributed by atoms with Gasteiger partial charge in [-0.25, -0.2) is 0 Å².